The van der Waals surface area contributed by atoms with E-state index in [4.69, 9.17) is 10.5 Å². The molecule has 2 bridgehead atoms. The lowest BCUT2D eigenvalue weighted by Gasteiger charge is -2.21. The van der Waals surface area contributed by atoms with Gasteiger partial charge in [-0.1, -0.05) is 5.21 Å². The first-order valence-electron chi connectivity index (χ1n) is 11.5. The minimum absolute atomic E-state index is 0.00877. The van der Waals surface area contributed by atoms with Gasteiger partial charge in [-0.05, 0) is 56.0 Å². The predicted molar refractivity (Wildman–Crippen MR) is 121 cm³/mol. The summed E-state index contributed by atoms with van der Waals surface area (Å²) in [5.74, 6) is 0.296. The average molecular weight is 499 g/mol. The number of alkyl halides is 3. The number of hydrogen-bond donors (Lipinski definition) is 1. The first-order chi connectivity index (χ1) is 17.2. The fourth-order valence-electron chi connectivity index (χ4n) is 4.50. The Morgan fingerprint density at radius 3 is 2.72 bits per heavy atom. The van der Waals surface area contributed by atoms with Crippen LogP contribution in [0, 0.1) is 11.7 Å². The fourth-order valence-corrected chi connectivity index (χ4v) is 4.50. The highest BCUT2D eigenvalue weighted by Gasteiger charge is 2.36. The Hall–Kier alpha value is -3.96. The monoisotopic (exact) mass is 499 g/mol. The molecule has 4 heterocycles. The van der Waals surface area contributed by atoms with Crippen molar-refractivity contribution in [3.63, 3.8) is 0 Å². The van der Waals surface area contributed by atoms with Crippen molar-refractivity contribution in [1.29, 1.82) is 0 Å². The van der Waals surface area contributed by atoms with Gasteiger partial charge in [0.1, 0.15) is 11.9 Å². The van der Waals surface area contributed by atoms with E-state index in [1.165, 1.54) is 22.9 Å². The Bertz CT molecular complexity index is 1470. The Balaban J connectivity index is 1.61. The molecule has 1 aliphatic heterocycles. The molecule has 1 saturated carbocycles. The van der Waals surface area contributed by atoms with Gasteiger partial charge in [0.25, 0.3) is 0 Å². The normalized spacial score (nSPS) is 17.3. The molecule has 6 rings (SSSR count). The molecule has 1 atom stereocenters. The van der Waals surface area contributed by atoms with E-state index in [0.717, 1.165) is 18.9 Å². The van der Waals surface area contributed by atoms with Crippen molar-refractivity contribution in [2.24, 2.45) is 5.92 Å². The minimum atomic E-state index is -4.67. The number of fused-ring (bicyclic) bond motifs is 7. The van der Waals surface area contributed by atoms with Crippen LogP contribution in [0.2, 0.25) is 0 Å². The number of nitrogen functional groups attached to an aromatic ring is 1. The van der Waals surface area contributed by atoms with Crippen LogP contribution < -0.4 is 10.5 Å². The third-order valence-corrected chi connectivity index (χ3v) is 6.47. The number of nitrogens with zero attached hydrogens (tertiary/aromatic N) is 6. The lowest BCUT2D eigenvalue weighted by atomic mass is 10.0. The molecule has 0 amide bonds. The van der Waals surface area contributed by atoms with Gasteiger partial charge in [-0.3, -0.25) is 0 Å². The van der Waals surface area contributed by atoms with Gasteiger partial charge >= 0.3 is 6.18 Å². The van der Waals surface area contributed by atoms with Crippen LogP contribution in [0.15, 0.2) is 36.5 Å². The highest BCUT2D eigenvalue weighted by Crippen LogP contribution is 2.38. The standard InChI is InChI=1S/C24H21F4N7O/c1-12-17-7-15(25)4-5-19(17)35-16(9-21(32-35)24(26,27)28)8-18-22(34(33-31-18)11-13-2-3-13)14-6-20(36-12)23(29)30-10-14/h4-7,9-10,12-13H,2-3,8,11H2,1H3,(H2,29,30). The number of pyridine rings is 1. The largest absolute Gasteiger partial charge is 0.482 e. The number of hydrogen-bond acceptors (Lipinski definition) is 6. The summed E-state index contributed by atoms with van der Waals surface area (Å²) in [5.41, 5.74) is 7.52. The van der Waals surface area contributed by atoms with Crippen LogP contribution in [-0.2, 0) is 19.1 Å². The summed E-state index contributed by atoms with van der Waals surface area (Å²) in [7, 11) is 0. The molecule has 12 heteroatoms. The molecule has 1 aromatic carbocycles. The van der Waals surface area contributed by atoms with E-state index in [-0.39, 0.29) is 29.4 Å². The molecular formula is C24H21F4N7O. The van der Waals surface area contributed by atoms with Crippen LogP contribution in [0.5, 0.6) is 5.75 Å². The number of anilines is 1. The zero-order valence-corrected chi connectivity index (χ0v) is 19.1. The molecule has 2 aliphatic rings. The van der Waals surface area contributed by atoms with Crippen LogP contribution in [0.25, 0.3) is 16.9 Å². The van der Waals surface area contributed by atoms with Crippen molar-refractivity contribution >= 4 is 5.82 Å². The summed E-state index contributed by atoms with van der Waals surface area (Å²) in [6.07, 6.45) is -1.72. The lowest BCUT2D eigenvalue weighted by molar-refractivity contribution is -0.141. The van der Waals surface area contributed by atoms with Gasteiger partial charge in [-0.15, -0.1) is 5.10 Å². The maximum atomic E-state index is 14.3. The second-order valence-corrected chi connectivity index (χ2v) is 9.19. The van der Waals surface area contributed by atoms with E-state index >= 15 is 0 Å². The van der Waals surface area contributed by atoms with E-state index in [2.05, 4.69) is 20.4 Å². The minimum Gasteiger partial charge on any atom is -0.482 e. The summed E-state index contributed by atoms with van der Waals surface area (Å²) in [6, 6.07) is 6.47. The van der Waals surface area contributed by atoms with Crippen molar-refractivity contribution in [1.82, 2.24) is 29.8 Å². The Kier molecular flexibility index (Phi) is 5.02. The highest BCUT2D eigenvalue weighted by atomic mass is 19.4. The first-order valence-corrected chi connectivity index (χ1v) is 11.5. The molecular weight excluding hydrogens is 478 g/mol. The predicted octanol–water partition coefficient (Wildman–Crippen LogP) is 4.72. The molecule has 1 fully saturated rings. The van der Waals surface area contributed by atoms with Gasteiger partial charge in [0.05, 0.1) is 22.8 Å². The van der Waals surface area contributed by atoms with Crippen molar-refractivity contribution in [2.75, 3.05) is 5.73 Å². The van der Waals surface area contributed by atoms with Crippen LogP contribution in [0.3, 0.4) is 0 Å². The SMILES string of the molecule is CC1Oc2cc(cnc2N)-c2c(nnn2CC2CC2)Cc2cc(C(F)(F)F)nn2-c2ccc(F)cc21. The summed E-state index contributed by atoms with van der Waals surface area (Å²) >= 11 is 0. The van der Waals surface area contributed by atoms with Gasteiger partial charge in [-0.25, -0.2) is 18.7 Å². The molecule has 3 aromatic heterocycles. The number of rotatable bonds is 2. The van der Waals surface area contributed by atoms with Crippen LogP contribution in [-0.4, -0.2) is 29.8 Å². The van der Waals surface area contributed by atoms with E-state index in [9.17, 15) is 17.6 Å². The summed E-state index contributed by atoms with van der Waals surface area (Å²) in [4.78, 5) is 4.28. The van der Waals surface area contributed by atoms with Crippen LogP contribution in [0.1, 0.15) is 48.5 Å². The van der Waals surface area contributed by atoms with Crippen molar-refractivity contribution < 1.29 is 22.3 Å². The smallest absolute Gasteiger partial charge is 0.435 e. The van der Waals surface area contributed by atoms with E-state index in [0.29, 0.717) is 35.0 Å². The lowest BCUT2D eigenvalue weighted by Crippen LogP contribution is -2.14. The zero-order valence-electron chi connectivity index (χ0n) is 19.1. The third-order valence-electron chi connectivity index (χ3n) is 6.47. The number of benzene rings is 1. The van der Waals surface area contributed by atoms with Crippen LogP contribution in [0.4, 0.5) is 23.4 Å². The molecule has 2 N–H and O–H groups in total. The van der Waals surface area contributed by atoms with E-state index in [1.807, 2.05) is 0 Å². The Labute approximate surface area is 202 Å². The average Bonchev–Trinajstić information content (AvgIpc) is 3.40. The Morgan fingerprint density at radius 2 is 1.97 bits per heavy atom. The zero-order chi connectivity index (χ0) is 25.2. The summed E-state index contributed by atoms with van der Waals surface area (Å²) in [6.45, 7) is 2.29. The molecule has 0 radical (unpaired) electrons. The molecule has 1 aliphatic carbocycles. The second-order valence-electron chi connectivity index (χ2n) is 9.19. The number of ether oxygens (including phenoxy) is 1. The second kappa shape index (κ2) is 8.04. The molecule has 0 saturated heterocycles. The van der Waals surface area contributed by atoms with Gasteiger partial charge in [0.2, 0.25) is 0 Å². The topological polar surface area (TPSA) is 96.7 Å². The van der Waals surface area contributed by atoms with Gasteiger partial charge in [0.15, 0.2) is 17.3 Å². The van der Waals surface area contributed by atoms with Crippen molar-refractivity contribution in [3.05, 3.63) is 65.0 Å². The molecule has 8 nitrogen and oxygen atoms in total. The maximum absolute atomic E-state index is 14.3. The summed E-state index contributed by atoms with van der Waals surface area (Å²) < 4.78 is 64.4. The number of nitrogens with two attached hydrogens (primary N) is 1. The quantitative estimate of drug-likeness (QED) is 0.401. The fraction of sp³-hybridized carbons (Fsp3) is 0.333. The highest BCUT2D eigenvalue weighted by molar-refractivity contribution is 5.66. The van der Waals surface area contributed by atoms with Gasteiger partial charge < -0.3 is 10.5 Å². The van der Waals surface area contributed by atoms with E-state index in [1.54, 1.807) is 23.9 Å². The molecule has 1 unspecified atom stereocenters. The summed E-state index contributed by atoms with van der Waals surface area (Å²) in [5, 5.41) is 12.5. The maximum Gasteiger partial charge on any atom is 0.435 e. The number of aromatic nitrogens is 6. The molecule has 0 spiro atoms. The molecule has 4 aromatic rings. The van der Waals surface area contributed by atoms with Crippen molar-refractivity contribution in [2.45, 2.75) is 45.0 Å². The van der Waals surface area contributed by atoms with E-state index < -0.39 is 23.8 Å². The van der Waals surface area contributed by atoms with Crippen LogP contribution >= 0.6 is 0 Å². The van der Waals surface area contributed by atoms with Crippen molar-refractivity contribution in [3.8, 4) is 22.7 Å². The molecule has 36 heavy (non-hydrogen) atoms. The first kappa shape index (κ1) is 22.5. The van der Waals surface area contributed by atoms with Gasteiger partial charge in [0, 0.05) is 30.3 Å². The number of halogens is 4. The van der Waals surface area contributed by atoms with Gasteiger partial charge in [-0.2, -0.15) is 18.3 Å². The third kappa shape index (κ3) is 3.95. The Morgan fingerprint density at radius 1 is 1.17 bits per heavy atom. The molecule has 186 valence electrons.